The van der Waals surface area contributed by atoms with E-state index in [2.05, 4.69) is 17.2 Å². The molecule has 3 nitrogen and oxygen atoms in total. The third kappa shape index (κ3) is 4.70. The predicted molar refractivity (Wildman–Crippen MR) is 78.7 cm³/mol. The zero-order valence-corrected chi connectivity index (χ0v) is 11.9. The van der Waals surface area contributed by atoms with Crippen LogP contribution in [-0.2, 0) is 11.3 Å². The number of carbonyl (C=O) groups excluding carboxylic acids is 1. The van der Waals surface area contributed by atoms with Gasteiger partial charge in [-0.05, 0) is 30.9 Å². The number of amides is 1. The van der Waals surface area contributed by atoms with E-state index in [1.807, 2.05) is 12.1 Å². The molecule has 1 saturated carbocycles. The normalized spacial score (nSPS) is 15.0. The Hall–Kier alpha value is -1.31. The zero-order valence-electron chi connectivity index (χ0n) is 11.1. The quantitative estimate of drug-likeness (QED) is 0.829. The number of hydrogen-bond acceptors (Lipinski definition) is 3. The summed E-state index contributed by atoms with van der Waals surface area (Å²) in [6, 6.07) is 3.99. The third-order valence-electron chi connectivity index (χ3n) is 3.38. The summed E-state index contributed by atoms with van der Waals surface area (Å²) in [7, 11) is 0. The van der Waals surface area contributed by atoms with Gasteiger partial charge in [0.05, 0.1) is 18.0 Å². The first kappa shape index (κ1) is 14.1. The lowest BCUT2D eigenvalue weighted by Crippen LogP contribution is -2.24. The van der Waals surface area contributed by atoms with E-state index in [-0.39, 0.29) is 5.91 Å². The number of rotatable bonds is 4. The number of hydrogen-bond donors (Lipinski definition) is 2. The highest BCUT2D eigenvalue weighted by atomic mass is 32.1. The summed E-state index contributed by atoms with van der Waals surface area (Å²) in [5.41, 5.74) is 5.33. The molecule has 0 bridgehead atoms. The van der Waals surface area contributed by atoms with E-state index in [4.69, 9.17) is 5.73 Å². The molecule has 0 aliphatic heterocycles. The van der Waals surface area contributed by atoms with Gasteiger partial charge in [-0.3, -0.25) is 4.79 Å². The van der Waals surface area contributed by atoms with Crippen molar-refractivity contribution in [2.75, 3.05) is 6.54 Å². The van der Waals surface area contributed by atoms with E-state index >= 15 is 0 Å². The van der Waals surface area contributed by atoms with Gasteiger partial charge in [0.25, 0.3) is 0 Å². The molecular weight excluding hydrogens is 256 g/mol. The van der Waals surface area contributed by atoms with Gasteiger partial charge in [0.15, 0.2) is 0 Å². The summed E-state index contributed by atoms with van der Waals surface area (Å²) in [4.78, 5) is 13.9. The third-order valence-corrected chi connectivity index (χ3v) is 4.38. The molecule has 1 aromatic heterocycles. The molecule has 4 heteroatoms. The van der Waals surface area contributed by atoms with Gasteiger partial charge in [-0.25, -0.2) is 0 Å². The lowest BCUT2D eigenvalue weighted by molar-refractivity contribution is -0.122. The maximum absolute atomic E-state index is 11.8. The van der Waals surface area contributed by atoms with Crippen molar-refractivity contribution in [3.05, 3.63) is 21.9 Å². The van der Waals surface area contributed by atoms with Crippen molar-refractivity contribution in [3.63, 3.8) is 0 Å². The topological polar surface area (TPSA) is 55.1 Å². The Kier molecular flexibility index (Phi) is 5.44. The van der Waals surface area contributed by atoms with Crippen LogP contribution in [0.4, 0.5) is 0 Å². The minimum atomic E-state index is 0.176. The van der Waals surface area contributed by atoms with E-state index in [1.54, 1.807) is 11.3 Å². The Morgan fingerprint density at radius 3 is 2.95 bits per heavy atom. The molecule has 0 atom stereocenters. The zero-order chi connectivity index (χ0) is 13.5. The molecular formula is C15H20N2OS. The molecule has 3 N–H and O–H groups in total. The summed E-state index contributed by atoms with van der Waals surface area (Å²) in [6.45, 7) is 0.992. The fourth-order valence-electron chi connectivity index (χ4n) is 2.41. The first-order chi connectivity index (χ1) is 9.28. The van der Waals surface area contributed by atoms with Crippen LogP contribution >= 0.6 is 11.3 Å². The fourth-order valence-corrected chi connectivity index (χ4v) is 3.23. The maximum Gasteiger partial charge on any atom is 0.220 e. The molecule has 0 unspecified atom stereocenters. The van der Waals surface area contributed by atoms with Gasteiger partial charge in [0.2, 0.25) is 5.91 Å². The second kappa shape index (κ2) is 7.32. The van der Waals surface area contributed by atoms with E-state index in [1.165, 1.54) is 25.7 Å². The Labute approximate surface area is 118 Å². The Balaban J connectivity index is 1.75. The van der Waals surface area contributed by atoms with E-state index in [0.717, 1.165) is 9.75 Å². The van der Waals surface area contributed by atoms with E-state index in [9.17, 15) is 4.79 Å². The summed E-state index contributed by atoms with van der Waals surface area (Å²) in [5, 5.41) is 2.99. The SMILES string of the molecule is NCC#Cc1ccc(CNC(=O)CC2CCCC2)s1. The van der Waals surface area contributed by atoms with Gasteiger partial charge in [0, 0.05) is 11.3 Å². The summed E-state index contributed by atoms with van der Waals surface area (Å²) < 4.78 is 0. The van der Waals surface area contributed by atoms with E-state index in [0.29, 0.717) is 25.4 Å². The highest BCUT2D eigenvalue weighted by Gasteiger charge is 2.18. The molecule has 0 spiro atoms. The molecule has 0 saturated heterocycles. The molecule has 0 radical (unpaired) electrons. The van der Waals surface area contributed by atoms with Crippen LogP contribution in [0.5, 0.6) is 0 Å². The molecule has 0 aromatic carbocycles. The Morgan fingerprint density at radius 1 is 1.42 bits per heavy atom. The lowest BCUT2D eigenvalue weighted by Gasteiger charge is -2.08. The summed E-state index contributed by atoms with van der Waals surface area (Å²) in [6.07, 6.45) is 5.68. The fraction of sp³-hybridized carbons (Fsp3) is 0.533. The number of nitrogens with two attached hydrogens (primary N) is 1. The van der Waals surface area contributed by atoms with Gasteiger partial charge in [-0.2, -0.15) is 0 Å². The molecule has 102 valence electrons. The molecule has 1 aromatic rings. The molecule has 1 aliphatic rings. The van der Waals surface area contributed by atoms with Gasteiger partial charge in [-0.15, -0.1) is 11.3 Å². The van der Waals surface area contributed by atoms with Gasteiger partial charge in [0.1, 0.15) is 0 Å². The first-order valence-corrected chi connectivity index (χ1v) is 7.64. The monoisotopic (exact) mass is 276 g/mol. The van der Waals surface area contributed by atoms with Crippen molar-refractivity contribution >= 4 is 17.2 Å². The molecule has 1 heterocycles. The summed E-state index contributed by atoms with van der Waals surface area (Å²) >= 11 is 1.61. The highest BCUT2D eigenvalue weighted by Crippen LogP contribution is 2.27. The van der Waals surface area contributed by atoms with Gasteiger partial charge >= 0.3 is 0 Å². The predicted octanol–water partition coefficient (Wildman–Crippen LogP) is 2.25. The highest BCUT2D eigenvalue weighted by molar-refractivity contribution is 7.12. The van der Waals surface area contributed by atoms with Crippen molar-refractivity contribution in [1.82, 2.24) is 5.32 Å². The van der Waals surface area contributed by atoms with Gasteiger partial charge < -0.3 is 11.1 Å². The smallest absolute Gasteiger partial charge is 0.220 e. The van der Waals surface area contributed by atoms with Crippen LogP contribution in [0.3, 0.4) is 0 Å². The number of carbonyl (C=O) groups is 1. The minimum Gasteiger partial charge on any atom is -0.351 e. The standard InChI is InChI=1S/C15H20N2OS/c16-9-3-6-13-7-8-14(19-13)11-17-15(18)10-12-4-1-2-5-12/h7-8,12H,1-2,4-5,9-11,16H2,(H,17,18). The average molecular weight is 276 g/mol. The molecule has 1 fully saturated rings. The molecule has 1 amide bonds. The number of nitrogens with one attached hydrogen (secondary N) is 1. The van der Waals surface area contributed by atoms with Crippen molar-refractivity contribution in [1.29, 1.82) is 0 Å². The second-order valence-corrected chi connectivity index (χ2v) is 6.07. The van der Waals surface area contributed by atoms with Gasteiger partial charge in [-0.1, -0.05) is 24.7 Å². The van der Waals surface area contributed by atoms with Crippen LogP contribution in [0.1, 0.15) is 41.9 Å². The summed E-state index contributed by atoms with van der Waals surface area (Å²) in [5.74, 6) is 6.62. The molecule has 19 heavy (non-hydrogen) atoms. The second-order valence-electron chi connectivity index (χ2n) is 4.90. The average Bonchev–Trinajstić information content (AvgIpc) is 3.05. The van der Waals surface area contributed by atoms with Crippen molar-refractivity contribution in [2.45, 2.75) is 38.6 Å². The van der Waals surface area contributed by atoms with Crippen molar-refractivity contribution in [3.8, 4) is 11.8 Å². The largest absolute Gasteiger partial charge is 0.351 e. The maximum atomic E-state index is 11.8. The van der Waals surface area contributed by atoms with Crippen LogP contribution in [0.15, 0.2) is 12.1 Å². The number of thiophene rings is 1. The van der Waals surface area contributed by atoms with Crippen molar-refractivity contribution < 1.29 is 4.79 Å². The lowest BCUT2D eigenvalue weighted by atomic mass is 10.0. The van der Waals surface area contributed by atoms with Crippen LogP contribution in [0.25, 0.3) is 0 Å². The van der Waals surface area contributed by atoms with Crippen LogP contribution < -0.4 is 11.1 Å². The molecule has 2 rings (SSSR count). The Bertz CT molecular complexity index is 478. The van der Waals surface area contributed by atoms with E-state index < -0.39 is 0 Å². The Morgan fingerprint density at radius 2 is 2.21 bits per heavy atom. The molecule has 1 aliphatic carbocycles. The first-order valence-electron chi connectivity index (χ1n) is 6.82. The van der Waals surface area contributed by atoms with Crippen molar-refractivity contribution in [2.24, 2.45) is 11.7 Å². The van der Waals surface area contributed by atoms with Crippen LogP contribution in [0.2, 0.25) is 0 Å². The minimum absolute atomic E-state index is 0.176. The van der Waals surface area contributed by atoms with Crippen LogP contribution in [0, 0.1) is 17.8 Å². The van der Waals surface area contributed by atoms with Crippen LogP contribution in [-0.4, -0.2) is 12.5 Å².